The Kier molecular flexibility index (Phi) is 4.71. The molecule has 2 aromatic carbocycles. The Morgan fingerprint density at radius 3 is 2.38 bits per heavy atom. The van der Waals surface area contributed by atoms with E-state index < -0.39 is 11.1 Å². The van der Waals surface area contributed by atoms with Crippen LogP contribution in [0, 0.1) is 0 Å². The first-order valence-corrected chi connectivity index (χ1v) is 7.98. The van der Waals surface area contributed by atoms with E-state index in [4.69, 9.17) is 23.2 Å². The fourth-order valence-electron chi connectivity index (χ4n) is 2.39. The van der Waals surface area contributed by atoms with Crippen molar-refractivity contribution in [2.45, 2.75) is 11.1 Å². The molecular formula is C18H14Cl2N2O2. The molecule has 0 saturated carbocycles. The topological polar surface area (TPSA) is 65.2 Å². The number of nitrogens with zero attached hydrogens (tertiary/aromatic N) is 2. The van der Waals surface area contributed by atoms with E-state index in [0.29, 0.717) is 10.6 Å². The third kappa shape index (κ3) is 3.36. The molecule has 0 spiro atoms. The maximum atomic E-state index is 10.7. The van der Waals surface area contributed by atoms with Crippen molar-refractivity contribution >= 4 is 34.5 Å². The molecule has 0 heterocycles. The van der Waals surface area contributed by atoms with Gasteiger partial charge in [0, 0.05) is 5.03 Å². The fourth-order valence-corrected chi connectivity index (χ4v) is 3.01. The van der Waals surface area contributed by atoms with E-state index in [0.717, 1.165) is 5.56 Å². The van der Waals surface area contributed by atoms with E-state index in [1.54, 1.807) is 24.3 Å². The smallest absolute Gasteiger partial charge is 0.204 e. The van der Waals surface area contributed by atoms with Crippen LogP contribution in [-0.4, -0.2) is 21.3 Å². The zero-order valence-electron chi connectivity index (χ0n) is 12.5. The minimum Gasteiger partial charge on any atom is -0.506 e. The van der Waals surface area contributed by atoms with Crippen LogP contribution in [0.25, 0.3) is 5.57 Å². The van der Waals surface area contributed by atoms with Crippen LogP contribution in [0.15, 0.2) is 82.0 Å². The zero-order valence-corrected chi connectivity index (χ0v) is 14.0. The van der Waals surface area contributed by atoms with Crippen molar-refractivity contribution in [2.75, 3.05) is 0 Å². The Labute approximate surface area is 149 Å². The Hall–Kier alpha value is -2.14. The maximum absolute atomic E-state index is 10.7. The number of phenols is 1. The van der Waals surface area contributed by atoms with Gasteiger partial charge in [-0.25, -0.2) is 0 Å². The summed E-state index contributed by atoms with van der Waals surface area (Å²) in [5.41, 5.74) is 1.60. The van der Waals surface area contributed by atoms with Crippen LogP contribution in [0.1, 0.15) is 5.56 Å². The van der Waals surface area contributed by atoms with E-state index in [9.17, 15) is 10.2 Å². The van der Waals surface area contributed by atoms with Gasteiger partial charge in [-0.05, 0) is 35.4 Å². The molecule has 0 radical (unpaired) electrons. The number of benzene rings is 2. The molecule has 0 bridgehead atoms. The number of azo groups is 1. The SMILES string of the molecule is Oc1ccccc1N=NC1(Cl)C=C(Cl)C=C(c2ccccc2)C1O. The average molecular weight is 361 g/mol. The number of hydrogen-bond acceptors (Lipinski definition) is 4. The molecule has 0 fully saturated rings. The summed E-state index contributed by atoms with van der Waals surface area (Å²) in [6.07, 6.45) is 1.94. The summed E-state index contributed by atoms with van der Waals surface area (Å²) in [7, 11) is 0. The standard InChI is InChI=1S/C18H14Cl2N2O2/c19-13-10-14(12-6-2-1-3-7-12)17(24)18(20,11-13)22-21-15-8-4-5-9-16(15)23/h1-11,17,23-24H. The molecule has 2 atom stereocenters. The molecule has 0 aliphatic heterocycles. The fraction of sp³-hybridized carbons (Fsp3) is 0.111. The van der Waals surface area contributed by atoms with Crippen molar-refractivity contribution in [3.8, 4) is 5.75 Å². The lowest BCUT2D eigenvalue weighted by molar-refractivity contribution is 0.198. The van der Waals surface area contributed by atoms with Gasteiger partial charge in [-0.2, -0.15) is 5.11 Å². The summed E-state index contributed by atoms with van der Waals surface area (Å²) in [4.78, 5) is -1.56. The highest BCUT2D eigenvalue weighted by molar-refractivity contribution is 6.34. The van der Waals surface area contributed by atoms with Gasteiger partial charge >= 0.3 is 0 Å². The van der Waals surface area contributed by atoms with E-state index in [1.807, 2.05) is 30.3 Å². The summed E-state index contributed by atoms with van der Waals surface area (Å²) in [5.74, 6) is -0.0271. The molecule has 3 rings (SSSR count). The quantitative estimate of drug-likeness (QED) is 0.459. The third-order valence-electron chi connectivity index (χ3n) is 3.61. The third-order valence-corrected chi connectivity index (χ3v) is 4.22. The van der Waals surface area contributed by atoms with E-state index in [2.05, 4.69) is 10.2 Å². The molecule has 2 unspecified atom stereocenters. The molecule has 2 N–H and O–H groups in total. The highest BCUT2D eigenvalue weighted by Crippen LogP contribution is 2.40. The van der Waals surface area contributed by atoms with E-state index in [1.165, 1.54) is 12.1 Å². The molecule has 1 aliphatic carbocycles. The number of hydrogen-bond donors (Lipinski definition) is 2. The number of alkyl halides is 1. The zero-order chi connectivity index (χ0) is 17.2. The van der Waals surface area contributed by atoms with Gasteiger partial charge in [0.05, 0.1) is 0 Å². The van der Waals surface area contributed by atoms with Crippen LogP contribution in [0.4, 0.5) is 5.69 Å². The maximum Gasteiger partial charge on any atom is 0.204 e. The van der Waals surface area contributed by atoms with Crippen molar-refractivity contribution < 1.29 is 10.2 Å². The lowest BCUT2D eigenvalue weighted by atomic mass is 9.91. The molecule has 0 aromatic heterocycles. The van der Waals surface area contributed by atoms with Crippen molar-refractivity contribution in [1.29, 1.82) is 0 Å². The number of aliphatic hydroxyl groups excluding tert-OH is 1. The predicted molar refractivity (Wildman–Crippen MR) is 95.6 cm³/mol. The van der Waals surface area contributed by atoms with Crippen molar-refractivity contribution in [3.63, 3.8) is 0 Å². The Balaban J connectivity index is 1.96. The average Bonchev–Trinajstić information content (AvgIpc) is 2.58. The van der Waals surface area contributed by atoms with Crippen LogP contribution in [0.5, 0.6) is 5.75 Å². The number of aliphatic hydroxyl groups is 1. The normalized spacial score (nSPS) is 23.9. The monoisotopic (exact) mass is 360 g/mol. The van der Waals surface area contributed by atoms with Gasteiger partial charge < -0.3 is 10.2 Å². The molecule has 4 nitrogen and oxygen atoms in total. The number of para-hydroxylation sites is 1. The first-order chi connectivity index (χ1) is 11.5. The number of phenolic OH excluding ortho intramolecular Hbond substituents is 1. The summed E-state index contributed by atoms with van der Waals surface area (Å²) in [6.45, 7) is 0. The number of allylic oxidation sites excluding steroid dienone is 2. The minimum absolute atomic E-state index is 0.0271. The molecule has 1 aliphatic rings. The lowest BCUT2D eigenvalue weighted by Gasteiger charge is -2.29. The second kappa shape index (κ2) is 6.77. The first kappa shape index (κ1) is 16.7. The van der Waals surface area contributed by atoms with Gasteiger partial charge in [0.15, 0.2) is 0 Å². The van der Waals surface area contributed by atoms with Crippen LogP contribution >= 0.6 is 23.2 Å². The molecular weight excluding hydrogens is 347 g/mol. The number of aromatic hydroxyl groups is 1. The Morgan fingerprint density at radius 1 is 1.00 bits per heavy atom. The van der Waals surface area contributed by atoms with Crippen molar-refractivity contribution in [2.24, 2.45) is 10.2 Å². The van der Waals surface area contributed by atoms with Crippen LogP contribution < -0.4 is 0 Å². The minimum atomic E-state index is -1.56. The highest BCUT2D eigenvalue weighted by Gasteiger charge is 2.40. The summed E-state index contributed by atoms with van der Waals surface area (Å²) >= 11 is 12.6. The molecule has 6 heteroatoms. The molecule has 24 heavy (non-hydrogen) atoms. The van der Waals surface area contributed by atoms with Crippen molar-refractivity contribution in [3.05, 3.63) is 77.3 Å². The van der Waals surface area contributed by atoms with Crippen molar-refractivity contribution in [1.82, 2.24) is 0 Å². The van der Waals surface area contributed by atoms with Gasteiger partial charge in [-0.1, -0.05) is 65.7 Å². The van der Waals surface area contributed by atoms with Gasteiger partial charge in [0.1, 0.15) is 17.5 Å². The van der Waals surface area contributed by atoms with Gasteiger partial charge in [0.2, 0.25) is 5.00 Å². The molecule has 122 valence electrons. The van der Waals surface area contributed by atoms with E-state index in [-0.39, 0.29) is 11.4 Å². The van der Waals surface area contributed by atoms with Crippen LogP contribution in [-0.2, 0) is 0 Å². The molecule has 2 aromatic rings. The molecule has 0 amide bonds. The van der Waals surface area contributed by atoms with Gasteiger partial charge in [0.25, 0.3) is 0 Å². The first-order valence-electron chi connectivity index (χ1n) is 7.23. The Morgan fingerprint density at radius 2 is 1.67 bits per heavy atom. The van der Waals surface area contributed by atoms with Crippen LogP contribution in [0.2, 0.25) is 0 Å². The van der Waals surface area contributed by atoms with Gasteiger partial charge in [-0.3, -0.25) is 0 Å². The second-order valence-corrected chi connectivity index (χ2v) is 6.36. The van der Waals surface area contributed by atoms with Crippen LogP contribution in [0.3, 0.4) is 0 Å². The highest BCUT2D eigenvalue weighted by atomic mass is 35.5. The predicted octanol–water partition coefficient (Wildman–Crippen LogP) is 4.99. The summed E-state index contributed by atoms with van der Waals surface area (Å²) in [5, 5.41) is 28.8. The largest absolute Gasteiger partial charge is 0.506 e. The molecule has 0 saturated heterocycles. The van der Waals surface area contributed by atoms with E-state index >= 15 is 0 Å². The number of rotatable bonds is 3. The van der Waals surface area contributed by atoms with Gasteiger partial charge in [-0.15, -0.1) is 5.11 Å². The second-order valence-electron chi connectivity index (χ2n) is 5.31. The number of halogens is 2. The lowest BCUT2D eigenvalue weighted by Crippen LogP contribution is -2.36. The summed E-state index contributed by atoms with van der Waals surface area (Å²) in [6, 6.07) is 15.8. The summed E-state index contributed by atoms with van der Waals surface area (Å²) < 4.78 is 0. The Bertz CT molecular complexity index is 834.